The summed E-state index contributed by atoms with van der Waals surface area (Å²) in [6.45, 7) is 0. The molecule has 0 saturated heterocycles. The highest BCUT2D eigenvalue weighted by Gasteiger charge is 2.46. The summed E-state index contributed by atoms with van der Waals surface area (Å²) in [4.78, 5) is 10.6. The number of rotatable bonds is 6. The molecule has 0 amide bonds. The predicted octanol–water partition coefficient (Wildman–Crippen LogP) is 13.9. The molecule has 0 bridgehead atoms. The van der Waals surface area contributed by atoms with Gasteiger partial charge in [-0.15, -0.1) is 11.3 Å². The molecule has 3 heteroatoms. The maximum absolute atomic E-state index is 5.41. The maximum atomic E-state index is 5.41. The number of aromatic nitrogens is 2. The van der Waals surface area contributed by atoms with Crippen molar-refractivity contribution in [3.8, 4) is 56.2 Å². The van der Waals surface area contributed by atoms with Crippen molar-refractivity contribution in [3.05, 3.63) is 229 Å². The van der Waals surface area contributed by atoms with Gasteiger partial charge in [-0.25, -0.2) is 9.97 Å². The van der Waals surface area contributed by atoms with E-state index in [1.165, 1.54) is 53.6 Å². The Morgan fingerprint density at radius 3 is 1.66 bits per heavy atom. The van der Waals surface area contributed by atoms with Gasteiger partial charge < -0.3 is 0 Å². The van der Waals surface area contributed by atoms with Crippen LogP contribution in [0.25, 0.3) is 76.3 Å². The van der Waals surface area contributed by atoms with Gasteiger partial charge in [0.1, 0.15) is 0 Å². The van der Waals surface area contributed by atoms with E-state index in [1.54, 1.807) is 0 Å². The van der Waals surface area contributed by atoms with Crippen LogP contribution in [-0.4, -0.2) is 9.97 Å². The summed E-state index contributed by atoms with van der Waals surface area (Å²) in [6.07, 6.45) is 0. The average Bonchev–Trinajstić information content (AvgIpc) is 3.80. The average molecular weight is 731 g/mol. The summed E-state index contributed by atoms with van der Waals surface area (Å²) in [6, 6.07) is 74.6. The minimum atomic E-state index is -0.528. The van der Waals surface area contributed by atoms with Gasteiger partial charge in [0.2, 0.25) is 0 Å². The van der Waals surface area contributed by atoms with Crippen LogP contribution in [0.5, 0.6) is 0 Å². The zero-order valence-electron chi connectivity index (χ0n) is 30.4. The molecule has 262 valence electrons. The number of hydrogen-bond acceptors (Lipinski definition) is 3. The van der Waals surface area contributed by atoms with E-state index in [0.717, 1.165) is 39.2 Å². The highest BCUT2D eigenvalue weighted by Crippen LogP contribution is 2.58. The van der Waals surface area contributed by atoms with Crippen LogP contribution >= 0.6 is 11.3 Å². The molecule has 0 atom stereocenters. The SMILES string of the molecule is c1ccc(-c2cc(-c3cc4c(cc3-c3ccc5c(c3)sc3ccccc35)C(c3ccccc3)(c3ccccc3)c3ccccc3-4)nc(-c3ccccc3)n2)cc1. The monoisotopic (exact) mass is 730 g/mol. The largest absolute Gasteiger partial charge is 0.228 e. The molecular formula is C53H34N2S. The van der Waals surface area contributed by atoms with E-state index in [2.05, 4.69) is 200 Å². The van der Waals surface area contributed by atoms with Gasteiger partial charge in [0.15, 0.2) is 5.82 Å². The fourth-order valence-electron chi connectivity index (χ4n) is 8.89. The van der Waals surface area contributed by atoms with Crippen molar-refractivity contribution >= 4 is 31.5 Å². The van der Waals surface area contributed by atoms with Gasteiger partial charge in [-0.1, -0.05) is 176 Å². The fraction of sp³-hybridized carbons (Fsp3) is 0.0189. The lowest BCUT2D eigenvalue weighted by Crippen LogP contribution is -2.28. The molecule has 2 nitrogen and oxygen atoms in total. The Bertz CT molecular complexity index is 2960. The first-order valence-electron chi connectivity index (χ1n) is 19.1. The molecule has 0 spiro atoms. The second-order valence-electron chi connectivity index (χ2n) is 14.5. The third-order valence-electron chi connectivity index (χ3n) is 11.4. The Balaban J connectivity index is 1.26. The molecule has 0 fully saturated rings. The van der Waals surface area contributed by atoms with E-state index < -0.39 is 5.41 Å². The summed E-state index contributed by atoms with van der Waals surface area (Å²) in [5.41, 5.74) is 14.2. The quantitative estimate of drug-likeness (QED) is 0.170. The smallest absolute Gasteiger partial charge is 0.160 e. The molecule has 1 aliphatic carbocycles. The van der Waals surface area contributed by atoms with Crippen molar-refractivity contribution in [1.82, 2.24) is 9.97 Å². The predicted molar refractivity (Wildman–Crippen MR) is 234 cm³/mol. The molecular weight excluding hydrogens is 697 g/mol. The van der Waals surface area contributed by atoms with Crippen molar-refractivity contribution < 1.29 is 0 Å². The normalized spacial score (nSPS) is 12.8. The zero-order chi connectivity index (χ0) is 37.1. The van der Waals surface area contributed by atoms with Crippen LogP contribution in [0.15, 0.2) is 206 Å². The topological polar surface area (TPSA) is 25.8 Å². The number of nitrogens with zero attached hydrogens (tertiary/aromatic N) is 2. The Morgan fingerprint density at radius 1 is 0.339 bits per heavy atom. The van der Waals surface area contributed by atoms with E-state index in [0.29, 0.717) is 5.82 Å². The van der Waals surface area contributed by atoms with Crippen molar-refractivity contribution in [2.24, 2.45) is 0 Å². The van der Waals surface area contributed by atoms with Gasteiger partial charge in [0.05, 0.1) is 16.8 Å². The molecule has 10 aromatic rings. The van der Waals surface area contributed by atoms with Crippen molar-refractivity contribution in [1.29, 1.82) is 0 Å². The number of hydrogen-bond donors (Lipinski definition) is 0. The van der Waals surface area contributed by atoms with Gasteiger partial charge in [0, 0.05) is 36.9 Å². The van der Waals surface area contributed by atoms with E-state index in [-0.39, 0.29) is 0 Å². The lowest BCUT2D eigenvalue weighted by molar-refractivity contribution is 0.769. The van der Waals surface area contributed by atoms with E-state index >= 15 is 0 Å². The highest BCUT2D eigenvalue weighted by atomic mass is 32.1. The first-order chi connectivity index (χ1) is 27.8. The van der Waals surface area contributed by atoms with Gasteiger partial charge in [-0.05, 0) is 74.8 Å². The van der Waals surface area contributed by atoms with E-state index in [9.17, 15) is 0 Å². The Labute approximate surface area is 330 Å². The first kappa shape index (κ1) is 32.5. The van der Waals surface area contributed by atoms with Gasteiger partial charge in [0.25, 0.3) is 0 Å². The molecule has 1 aliphatic rings. The van der Waals surface area contributed by atoms with Crippen LogP contribution in [0.4, 0.5) is 0 Å². The molecule has 0 radical (unpaired) electrons. The first-order valence-corrected chi connectivity index (χ1v) is 19.9. The lowest BCUT2D eigenvalue weighted by Gasteiger charge is -2.34. The van der Waals surface area contributed by atoms with Gasteiger partial charge >= 0.3 is 0 Å². The van der Waals surface area contributed by atoms with Gasteiger partial charge in [-0.2, -0.15) is 0 Å². The van der Waals surface area contributed by atoms with Crippen LogP contribution in [0.3, 0.4) is 0 Å². The summed E-state index contributed by atoms with van der Waals surface area (Å²) in [7, 11) is 0. The molecule has 8 aromatic carbocycles. The van der Waals surface area contributed by atoms with E-state index in [4.69, 9.17) is 9.97 Å². The molecule has 2 heterocycles. The van der Waals surface area contributed by atoms with Crippen molar-refractivity contribution in [2.45, 2.75) is 5.41 Å². The van der Waals surface area contributed by atoms with E-state index in [1.807, 2.05) is 17.4 Å². The minimum Gasteiger partial charge on any atom is -0.228 e. The number of thiophene rings is 1. The molecule has 0 N–H and O–H groups in total. The molecule has 0 unspecified atom stereocenters. The maximum Gasteiger partial charge on any atom is 0.160 e. The van der Waals surface area contributed by atoms with Crippen LogP contribution in [0, 0.1) is 0 Å². The van der Waals surface area contributed by atoms with Crippen molar-refractivity contribution in [2.75, 3.05) is 0 Å². The summed E-state index contributed by atoms with van der Waals surface area (Å²) >= 11 is 1.85. The highest BCUT2D eigenvalue weighted by molar-refractivity contribution is 7.25. The van der Waals surface area contributed by atoms with Crippen LogP contribution in [-0.2, 0) is 5.41 Å². The second-order valence-corrected chi connectivity index (χ2v) is 15.6. The fourth-order valence-corrected chi connectivity index (χ4v) is 10.0. The summed E-state index contributed by atoms with van der Waals surface area (Å²) in [5.74, 6) is 0.705. The van der Waals surface area contributed by atoms with Crippen molar-refractivity contribution in [3.63, 3.8) is 0 Å². The Kier molecular flexibility index (Phi) is 7.61. The van der Waals surface area contributed by atoms with Crippen LogP contribution in [0.1, 0.15) is 22.3 Å². The van der Waals surface area contributed by atoms with Crippen LogP contribution < -0.4 is 0 Å². The molecule has 0 aliphatic heterocycles. The molecule has 0 saturated carbocycles. The second kappa shape index (κ2) is 13.1. The number of fused-ring (bicyclic) bond motifs is 6. The summed E-state index contributed by atoms with van der Waals surface area (Å²) < 4.78 is 2.57. The third kappa shape index (κ3) is 5.09. The minimum absolute atomic E-state index is 0.528. The molecule has 2 aromatic heterocycles. The Morgan fingerprint density at radius 2 is 0.929 bits per heavy atom. The number of benzene rings is 8. The molecule has 11 rings (SSSR count). The third-order valence-corrected chi connectivity index (χ3v) is 12.5. The zero-order valence-corrected chi connectivity index (χ0v) is 31.2. The standard InChI is InChI=1S/C53H34N2S/c1-5-17-35(18-6-1)48-34-49(55-52(54-48)36-19-7-2-8-20-36)45-32-44-40-25-13-15-27-46(40)53(38-21-9-3-10-22-38,39-23-11-4-12-24-39)47(44)33-43(45)37-29-30-42-41-26-14-16-28-50(41)56-51(42)31-37/h1-34H. The van der Waals surface area contributed by atoms with Gasteiger partial charge in [-0.3, -0.25) is 0 Å². The lowest BCUT2D eigenvalue weighted by atomic mass is 9.67. The van der Waals surface area contributed by atoms with Crippen LogP contribution in [0.2, 0.25) is 0 Å². The molecule has 56 heavy (non-hydrogen) atoms. The summed E-state index contributed by atoms with van der Waals surface area (Å²) in [5, 5.41) is 2.58. The Hall–Kier alpha value is -6.94.